The van der Waals surface area contributed by atoms with Crippen LogP contribution in [0, 0.1) is 12.7 Å². The Morgan fingerprint density at radius 3 is 2.83 bits per heavy atom. The van der Waals surface area contributed by atoms with E-state index in [0.29, 0.717) is 6.54 Å². The van der Waals surface area contributed by atoms with E-state index in [1.54, 1.807) is 6.07 Å². The predicted octanol–water partition coefficient (Wildman–Crippen LogP) is 1.65. The Labute approximate surface area is 136 Å². The first-order valence-electron chi connectivity index (χ1n) is 7.81. The number of carbonyl (C=O) groups excluding carboxylic acids is 1. The molecular formula is C16H23FN2O3S. The largest absolute Gasteiger partial charge is 0.369 e. The molecule has 0 aromatic heterocycles. The molecule has 1 fully saturated rings. The second-order valence-electron chi connectivity index (χ2n) is 5.96. The molecule has 1 N–H and O–H groups in total. The summed E-state index contributed by atoms with van der Waals surface area (Å²) in [5.74, 6) is -1.21. The predicted molar refractivity (Wildman–Crippen MR) is 88.8 cm³/mol. The first-order chi connectivity index (χ1) is 10.8. The van der Waals surface area contributed by atoms with E-state index in [2.05, 4.69) is 10.2 Å². The number of benzene rings is 1. The fourth-order valence-electron chi connectivity index (χ4n) is 2.86. The normalized spacial score (nSPS) is 18.7. The van der Waals surface area contributed by atoms with Crippen LogP contribution in [0.2, 0.25) is 0 Å². The minimum Gasteiger partial charge on any atom is -0.369 e. The third kappa shape index (κ3) is 4.92. The van der Waals surface area contributed by atoms with Crippen LogP contribution in [-0.2, 0) is 14.6 Å². The molecular weight excluding hydrogens is 319 g/mol. The van der Waals surface area contributed by atoms with E-state index >= 15 is 0 Å². The summed E-state index contributed by atoms with van der Waals surface area (Å²) in [6.45, 7) is 4.83. The van der Waals surface area contributed by atoms with Crippen molar-refractivity contribution in [1.29, 1.82) is 0 Å². The second kappa shape index (κ2) is 7.29. The number of aryl methyl sites for hydroxylation is 1. The molecule has 1 saturated heterocycles. The van der Waals surface area contributed by atoms with E-state index in [1.165, 1.54) is 19.1 Å². The van der Waals surface area contributed by atoms with Crippen molar-refractivity contribution in [3.05, 3.63) is 29.6 Å². The van der Waals surface area contributed by atoms with Gasteiger partial charge in [-0.3, -0.25) is 4.79 Å². The zero-order valence-electron chi connectivity index (χ0n) is 13.5. The number of carbonyl (C=O) groups is 1. The summed E-state index contributed by atoms with van der Waals surface area (Å²) in [6, 6.07) is 4.58. The number of rotatable bonds is 5. The highest BCUT2D eigenvalue weighted by Gasteiger charge is 2.24. The molecule has 0 aliphatic carbocycles. The van der Waals surface area contributed by atoms with Crippen LogP contribution in [-0.4, -0.2) is 45.0 Å². The maximum atomic E-state index is 13.2. The smallest absolute Gasteiger partial charge is 0.235 e. The first kappa shape index (κ1) is 17.7. The van der Waals surface area contributed by atoms with Gasteiger partial charge in [-0.1, -0.05) is 6.92 Å². The van der Waals surface area contributed by atoms with Crippen LogP contribution in [0.1, 0.15) is 25.3 Å². The minimum absolute atomic E-state index is 0.0357. The topological polar surface area (TPSA) is 66.5 Å². The lowest BCUT2D eigenvalue weighted by molar-refractivity contribution is -0.119. The van der Waals surface area contributed by atoms with E-state index in [4.69, 9.17) is 0 Å². The Morgan fingerprint density at radius 2 is 2.17 bits per heavy atom. The summed E-state index contributed by atoms with van der Waals surface area (Å²) in [5.41, 5.74) is 1.80. The average Bonchev–Trinajstić information content (AvgIpc) is 2.46. The molecule has 1 aliphatic heterocycles. The molecule has 1 aliphatic rings. The number of nitrogens with one attached hydrogen (secondary N) is 1. The summed E-state index contributed by atoms with van der Waals surface area (Å²) in [5, 5.41) is 2.81. The maximum Gasteiger partial charge on any atom is 0.235 e. The number of halogens is 1. The summed E-state index contributed by atoms with van der Waals surface area (Å²) in [4.78, 5) is 14.0. The molecule has 1 aromatic carbocycles. The lowest BCUT2D eigenvalue weighted by Crippen LogP contribution is -2.49. The van der Waals surface area contributed by atoms with E-state index in [1.807, 2.05) is 6.92 Å². The molecule has 0 spiro atoms. The van der Waals surface area contributed by atoms with Gasteiger partial charge < -0.3 is 10.2 Å². The number of anilines is 1. The summed E-state index contributed by atoms with van der Waals surface area (Å²) >= 11 is 0. The van der Waals surface area contributed by atoms with Crippen molar-refractivity contribution in [2.24, 2.45) is 0 Å². The lowest BCUT2D eigenvalue weighted by Gasteiger charge is -2.35. The molecule has 1 heterocycles. The van der Waals surface area contributed by atoms with Gasteiger partial charge in [-0.25, -0.2) is 12.8 Å². The van der Waals surface area contributed by atoms with Crippen LogP contribution >= 0.6 is 0 Å². The third-order valence-corrected chi connectivity index (χ3v) is 5.66. The SMILES string of the molecule is CCS(=O)(=O)CC(=O)N[C@H]1CCCN(c2ccc(F)cc2C)C1. The van der Waals surface area contributed by atoms with Gasteiger partial charge in [-0.05, 0) is 43.5 Å². The Morgan fingerprint density at radius 1 is 1.43 bits per heavy atom. The first-order valence-corrected chi connectivity index (χ1v) is 9.64. The average molecular weight is 342 g/mol. The van der Waals surface area contributed by atoms with Crippen molar-refractivity contribution in [2.75, 3.05) is 29.5 Å². The van der Waals surface area contributed by atoms with Crippen LogP contribution in [0.4, 0.5) is 10.1 Å². The van der Waals surface area contributed by atoms with Gasteiger partial charge in [0.25, 0.3) is 0 Å². The quantitative estimate of drug-likeness (QED) is 0.884. The molecule has 1 aromatic rings. The number of amides is 1. The Kier molecular flexibility index (Phi) is 5.62. The summed E-state index contributed by atoms with van der Waals surface area (Å²) < 4.78 is 36.2. The monoisotopic (exact) mass is 342 g/mol. The number of sulfone groups is 1. The molecule has 1 atom stereocenters. The van der Waals surface area contributed by atoms with Gasteiger partial charge in [0.2, 0.25) is 5.91 Å². The number of hydrogen-bond acceptors (Lipinski definition) is 4. The van der Waals surface area contributed by atoms with Gasteiger partial charge in [-0.15, -0.1) is 0 Å². The molecule has 0 unspecified atom stereocenters. The molecule has 0 bridgehead atoms. The lowest BCUT2D eigenvalue weighted by atomic mass is 10.0. The second-order valence-corrected chi connectivity index (χ2v) is 8.31. The molecule has 7 heteroatoms. The Bertz CT molecular complexity index is 676. The van der Waals surface area contributed by atoms with Gasteiger partial charge >= 0.3 is 0 Å². The number of hydrogen-bond donors (Lipinski definition) is 1. The van der Waals surface area contributed by atoms with E-state index in [9.17, 15) is 17.6 Å². The standard InChI is InChI=1S/C16H23FN2O3S/c1-3-23(21,22)11-16(20)18-14-5-4-8-19(10-14)15-7-6-13(17)9-12(15)2/h6-7,9,14H,3-5,8,10-11H2,1-2H3,(H,18,20)/t14-/m0/s1. The van der Waals surface area contributed by atoms with E-state index in [-0.39, 0.29) is 17.6 Å². The molecule has 23 heavy (non-hydrogen) atoms. The zero-order valence-corrected chi connectivity index (χ0v) is 14.3. The van der Waals surface area contributed by atoms with Crippen LogP contribution in [0.25, 0.3) is 0 Å². The molecule has 5 nitrogen and oxygen atoms in total. The van der Waals surface area contributed by atoms with Gasteiger partial charge in [0.15, 0.2) is 9.84 Å². The van der Waals surface area contributed by atoms with E-state index < -0.39 is 21.5 Å². The van der Waals surface area contributed by atoms with Crippen molar-refractivity contribution in [2.45, 2.75) is 32.7 Å². The number of piperidine rings is 1. The van der Waals surface area contributed by atoms with Crippen LogP contribution in [0.5, 0.6) is 0 Å². The van der Waals surface area contributed by atoms with Crippen LogP contribution in [0.15, 0.2) is 18.2 Å². The molecule has 0 saturated carbocycles. The zero-order chi connectivity index (χ0) is 17.0. The van der Waals surface area contributed by atoms with Gasteiger partial charge in [-0.2, -0.15) is 0 Å². The molecule has 0 radical (unpaired) electrons. The van der Waals surface area contributed by atoms with Crippen molar-refractivity contribution in [1.82, 2.24) is 5.32 Å². The highest BCUT2D eigenvalue weighted by atomic mass is 32.2. The van der Waals surface area contributed by atoms with E-state index in [0.717, 1.165) is 30.6 Å². The van der Waals surface area contributed by atoms with Crippen LogP contribution in [0.3, 0.4) is 0 Å². The fraction of sp³-hybridized carbons (Fsp3) is 0.562. The van der Waals surface area contributed by atoms with Crippen LogP contribution < -0.4 is 10.2 Å². The number of nitrogens with zero attached hydrogens (tertiary/aromatic N) is 1. The van der Waals surface area contributed by atoms with Crippen molar-refractivity contribution < 1.29 is 17.6 Å². The summed E-state index contributed by atoms with van der Waals surface area (Å²) in [6.07, 6.45) is 1.71. The van der Waals surface area contributed by atoms with Gasteiger partial charge in [0.05, 0.1) is 0 Å². The van der Waals surface area contributed by atoms with Crippen molar-refractivity contribution >= 4 is 21.4 Å². The Balaban J connectivity index is 1.99. The molecule has 2 rings (SSSR count). The molecule has 128 valence electrons. The van der Waals surface area contributed by atoms with Gasteiger partial charge in [0.1, 0.15) is 11.6 Å². The summed E-state index contributed by atoms with van der Waals surface area (Å²) in [7, 11) is -3.31. The van der Waals surface area contributed by atoms with Gasteiger partial charge in [0, 0.05) is 30.6 Å². The van der Waals surface area contributed by atoms with Crippen molar-refractivity contribution in [3.63, 3.8) is 0 Å². The minimum atomic E-state index is -3.31. The third-order valence-electron chi connectivity index (χ3n) is 4.08. The molecule has 1 amide bonds. The fourth-order valence-corrected chi connectivity index (χ4v) is 3.55. The maximum absolute atomic E-state index is 13.2. The highest BCUT2D eigenvalue weighted by molar-refractivity contribution is 7.92. The Hall–Kier alpha value is -1.63. The highest BCUT2D eigenvalue weighted by Crippen LogP contribution is 2.24. The van der Waals surface area contributed by atoms with Crippen molar-refractivity contribution in [3.8, 4) is 0 Å².